The SMILES string of the molecule is [Li+].[Li+].[Li+].[Li+].[O-]c1ccc(/C=C/c2ccc(/C=C/c3ccc([O-])c([O-])c3)cc2)cc1[O-]. The Balaban J connectivity index is 0. The van der Waals surface area contributed by atoms with Crippen LogP contribution >= 0.6 is 0 Å². The van der Waals surface area contributed by atoms with Crippen molar-refractivity contribution in [3.05, 3.63) is 82.9 Å². The van der Waals surface area contributed by atoms with E-state index >= 15 is 0 Å². The first-order valence-electron chi connectivity index (χ1n) is 7.94. The van der Waals surface area contributed by atoms with Crippen LogP contribution in [0.15, 0.2) is 60.7 Å². The zero-order chi connectivity index (χ0) is 18.5. The first-order chi connectivity index (χ1) is 12.5. The smallest absolute Gasteiger partial charge is 0.873 e. The topological polar surface area (TPSA) is 92.2 Å². The maximum atomic E-state index is 11.3. The fourth-order valence-corrected chi connectivity index (χ4v) is 2.36. The summed E-state index contributed by atoms with van der Waals surface area (Å²) in [7, 11) is 0. The number of hydrogen-bond acceptors (Lipinski definition) is 4. The molecule has 8 heteroatoms. The van der Waals surface area contributed by atoms with Crippen LogP contribution in [-0.4, -0.2) is 0 Å². The average Bonchev–Trinajstić information content (AvgIpc) is 2.64. The second kappa shape index (κ2) is 14.7. The van der Waals surface area contributed by atoms with E-state index in [1.54, 1.807) is 24.3 Å². The fourth-order valence-electron chi connectivity index (χ4n) is 2.36. The number of benzene rings is 3. The summed E-state index contributed by atoms with van der Waals surface area (Å²) in [6, 6.07) is 16.0. The van der Waals surface area contributed by atoms with Crippen molar-refractivity contribution >= 4 is 24.3 Å². The predicted molar refractivity (Wildman–Crippen MR) is 95.0 cm³/mol. The summed E-state index contributed by atoms with van der Waals surface area (Å²) >= 11 is 0. The Kier molecular flexibility index (Phi) is 15.1. The molecule has 0 unspecified atom stereocenters. The van der Waals surface area contributed by atoms with Gasteiger partial charge >= 0.3 is 75.4 Å². The van der Waals surface area contributed by atoms with Crippen LogP contribution in [-0.2, 0) is 0 Å². The monoisotopic (exact) mass is 370 g/mol. The summed E-state index contributed by atoms with van der Waals surface area (Å²) in [5.74, 6) is -2.04. The maximum Gasteiger partial charge on any atom is 1.00 e. The Morgan fingerprint density at radius 3 is 0.933 bits per heavy atom. The van der Waals surface area contributed by atoms with E-state index in [2.05, 4.69) is 0 Å². The van der Waals surface area contributed by atoms with Crippen molar-refractivity contribution in [3.63, 3.8) is 0 Å². The molecule has 0 aliphatic rings. The maximum absolute atomic E-state index is 11.3. The Morgan fingerprint density at radius 2 is 0.633 bits per heavy atom. The van der Waals surface area contributed by atoms with Gasteiger partial charge in [0.1, 0.15) is 0 Å². The molecule has 4 nitrogen and oxygen atoms in total. The predicted octanol–water partition coefficient (Wildman–Crippen LogP) is -9.66. The summed E-state index contributed by atoms with van der Waals surface area (Å²) in [5.41, 5.74) is 3.24. The second-order valence-electron chi connectivity index (χ2n) is 5.75. The van der Waals surface area contributed by atoms with Crippen molar-refractivity contribution < 1.29 is 95.9 Å². The van der Waals surface area contributed by atoms with Gasteiger partial charge in [-0.2, -0.15) is 0 Å². The van der Waals surface area contributed by atoms with Gasteiger partial charge in [-0.15, -0.1) is 23.0 Å². The minimum atomic E-state index is -0.515. The van der Waals surface area contributed by atoms with Crippen LogP contribution in [0.4, 0.5) is 0 Å². The van der Waals surface area contributed by atoms with Gasteiger partial charge < -0.3 is 20.4 Å². The van der Waals surface area contributed by atoms with Crippen LogP contribution in [0.2, 0.25) is 0 Å². The molecule has 0 spiro atoms. The van der Waals surface area contributed by atoms with E-state index in [0.29, 0.717) is 11.1 Å². The molecule has 0 fully saturated rings. The van der Waals surface area contributed by atoms with Crippen LogP contribution in [0, 0.1) is 0 Å². The first-order valence-corrected chi connectivity index (χ1v) is 7.94. The summed E-state index contributed by atoms with van der Waals surface area (Å²) in [6.45, 7) is 0. The fraction of sp³-hybridized carbons (Fsp3) is 0. The van der Waals surface area contributed by atoms with E-state index in [0.717, 1.165) is 11.1 Å². The third-order valence-electron chi connectivity index (χ3n) is 3.81. The molecule has 0 heterocycles. The number of rotatable bonds is 4. The molecule has 0 aliphatic heterocycles. The van der Waals surface area contributed by atoms with Crippen LogP contribution < -0.4 is 95.9 Å². The van der Waals surface area contributed by atoms with Gasteiger partial charge in [-0.3, -0.25) is 0 Å². The average molecular weight is 370 g/mol. The van der Waals surface area contributed by atoms with E-state index in [9.17, 15) is 20.4 Å². The standard InChI is InChI=1S/C22H18O4.4Li/c23-19-11-9-17(13-21(19)25)7-5-15-1-2-16(4-3-15)6-8-18-10-12-20(24)22(26)14-18;;;;/h1-14,23-26H;;;;/q;4*+1/p-4/b7-5+,8-6+;;;;. The van der Waals surface area contributed by atoms with Gasteiger partial charge in [0.05, 0.1) is 0 Å². The van der Waals surface area contributed by atoms with E-state index in [1.165, 1.54) is 24.3 Å². The summed E-state index contributed by atoms with van der Waals surface area (Å²) < 4.78 is 0. The zero-order valence-electron chi connectivity index (χ0n) is 17.7. The molecule has 0 saturated carbocycles. The van der Waals surface area contributed by atoms with Crippen molar-refractivity contribution in [1.29, 1.82) is 0 Å². The van der Waals surface area contributed by atoms with Gasteiger partial charge in [0, 0.05) is 0 Å². The van der Waals surface area contributed by atoms with Gasteiger partial charge in [0.15, 0.2) is 0 Å². The third-order valence-corrected chi connectivity index (χ3v) is 3.81. The summed E-state index contributed by atoms with van der Waals surface area (Å²) in [6.07, 6.45) is 7.24. The summed E-state index contributed by atoms with van der Waals surface area (Å²) in [4.78, 5) is 0. The van der Waals surface area contributed by atoms with Crippen molar-refractivity contribution in [1.82, 2.24) is 0 Å². The Labute approximate surface area is 224 Å². The quantitative estimate of drug-likeness (QED) is 0.337. The number of hydrogen-bond donors (Lipinski definition) is 0. The molecule has 130 valence electrons. The Hall–Kier alpha value is -1.27. The van der Waals surface area contributed by atoms with Gasteiger partial charge in [0.25, 0.3) is 0 Å². The third kappa shape index (κ3) is 8.84. The van der Waals surface area contributed by atoms with Crippen LogP contribution in [0.3, 0.4) is 0 Å². The minimum Gasteiger partial charge on any atom is -0.873 e. The molecule has 30 heavy (non-hydrogen) atoms. The van der Waals surface area contributed by atoms with Gasteiger partial charge in [-0.1, -0.05) is 85.0 Å². The zero-order valence-corrected chi connectivity index (χ0v) is 17.7. The molecule has 0 atom stereocenters. The van der Waals surface area contributed by atoms with E-state index < -0.39 is 23.0 Å². The van der Waals surface area contributed by atoms with E-state index in [1.807, 2.05) is 36.4 Å². The Morgan fingerprint density at radius 1 is 0.367 bits per heavy atom. The molecule has 0 N–H and O–H groups in total. The molecule has 0 aliphatic carbocycles. The molecular weight excluding hydrogens is 356 g/mol. The van der Waals surface area contributed by atoms with Crippen LogP contribution in [0.1, 0.15) is 22.3 Å². The van der Waals surface area contributed by atoms with E-state index in [-0.39, 0.29) is 75.4 Å². The normalized spacial score (nSPS) is 9.87. The molecule has 0 bridgehead atoms. The molecule has 3 aromatic rings. The minimum absolute atomic E-state index is 0. The largest absolute Gasteiger partial charge is 1.00 e. The summed E-state index contributed by atoms with van der Waals surface area (Å²) in [5, 5.41) is 44.9. The van der Waals surface area contributed by atoms with Crippen LogP contribution in [0.5, 0.6) is 23.0 Å². The Bertz CT molecular complexity index is 906. The van der Waals surface area contributed by atoms with Gasteiger partial charge in [-0.25, -0.2) is 0 Å². The van der Waals surface area contributed by atoms with Gasteiger partial charge in [-0.05, 0) is 22.3 Å². The van der Waals surface area contributed by atoms with Crippen molar-refractivity contribution in [3.8, 4) is 23.0 Å². The molecule has 0 aromatic heterocycles. The van der Waals surface area contributed by atoms with E-state index in [4.69, 9.17) is 0 Å². The second-order valence-corrected chi connectivity index (χ2v) is 5.75. The van der Waals surface area contributed by atoms with Crippen LogP contribution in [0.25, 0.3) is 24.3 Å². The molecule has 0 saturated heterocycles. The molecule has 3 rings (SSSR count). The first kappa shape index (κ1) is 30.9. The van der Waals surface area contributed by atoms with Gasteiger partial charge in [0.2, 0.25) is 0 Å². The van der Waals surface area contributed by atoms with Crippen molar-refractivity contribution in [2.75, 3.05) is 0 Å². The molecule has 0 amide bonds. The van der Waals surface area contributed by atoms with Crippen molar-refractivity contribution in [2.24, 2.45) is 0 Å². The molecular formula is C22H14Li4O4. The van der Waals surface area contributed by atoms with Crippen molar-refractivity contribution in [2.45, 2.75) is 0 Å². The molecule has 3 aromatic carbocycles. The molecule has 0 radical (unpaired) electrons.